The van der Waals surface area contributed by atoms with E-state index >= 15 is 0 Å². The van der Waals surface area contributed by atoms with Crippen LogP contribution in [0.15, 0.2) is 0 Å². The number of ether oxygens (including phenoxy) is 1. The monoisotopic (exact) mass is 254 g/mol. The summed E-state index contributed by atoms with van der Waals surface area (Å²) in [5.74, 6) is 0.900. The molecule has 1 N–H and O–H groups in total. The van der Waals surface area contributed by atoms with Crippen LogP contribution < -0.4 is 5.32 Å². The maximum atomic E-state index is 5.84. The molecule has 1 unspecified atom stereocenters. The molecule has 1 atom stereocenters. The molecule has 0 aromatic carbocycles. The zero-order chi connectivity index (χ0) is 13.0. The highest BCUT2D eigenvalue weighted by Crippen LogP contribution is 2.28. The summed E-state index contributed by atoms with van der Waals surface area (Å²) in [6, 6.07) is 0.730. The van der Waals surface area contributed by atoms with Gasteiger partial charge in [0.25, 0.3) is 0 Å². The highest BCUT2D eigenvalue weighted by Gasteiger charge is 2.32. The minimum atomic E-state index is 0.0739. The van der Waals surface area contributed by atoms with Gasteiger partial charge in [0.05, 0.1) is 5.60 Å². The van der Waals surface area contributed by atoms with Gasteiger partial charge in [-0.15, -0.1) is 0 Å². The fourth-order valence-corrected chi connectivity index (χ4v) is 3.44. The van der Waals surface area contributed by atoms with E-state index in [0.717, 1.165) is 18.6 Å². The van der Waals surface area contributed by atoms with Crippen LogP contribution in [-0.2, 0) is 4.74 Å². The van der Waals surface area contributed by atoms with Crippen molar-refractivity contribution in [2.24, 2.45) is 5.92 Å². The Morgan fingerprint density at radius 2 is 1.94 bits per heavy atom. The molecule has 0 saturated carbocycles. The molecule has 0 aromatic rings. The lowest BCUT2D eigenvalue weighted by Gasteiger charge is -2.42. The summed E-state index contributed by atoms with van der Waals surface area (Å²) < 4.78 is 5.84. The van der Waals surface area contributed by atoms with E-state index in [-0.39, 0.29) is 5.60 Å². The lowest BCUT2D eigenvalue weighted by Crippen LogP contribution is -2.48. The van der Waals surface area contributed by atoms with Crippen LogP contribution in [-0.4, -0.2) is 49.3 Å². The molecule has 2 rings (SSSR count). The highest BCUT2D eigenvalue weighted by atomic mass is 16.5. The summed E-state index contributed by atoms with van der Waals surface area (Å²) in [6.45, 7) is 12.6. The SMILES string of the molecule is CCN(CC1CCNCC1)C1CCOC(C)(C)C1. The molecule has 0 aliphatic carbocycles. The zero-order valence-corrected chi connectivity index (χ0v) is 12.4. The van der Waals surface area contributed by atoms with E-state index in [0.29, 0.717) is 0 Å². The Kier molecular flexibility index (Phi) is 5.05. The first-order valence-corrected chi connectivity index (χ1v) is 7.69. The Hall–Kier alpha value is -0.120. The van der Waals surface area contributed by atoms with Gasteiger partial charge in [-0.3, -0.25) is 0 Å². The van der Waals surface area contributed by atoms with E-state index < -0.39 is 0 Å². The van der Waals surface area contributed by atoms with Crippen molar-refractivity contribution in [1.82, 2.24) is 10.2 Å². The molecular formula is C15H30N2O. The van der Waals surface area contributed by atoms with Crippen LogP contribution in [0.2, 0.25) is 0 Å². The number of nitrogens with one attached hydrogen (secondary N) is 1. The normalized spacial score (nSPS) is 29.7. The van der Waals surface area contributed by atoms with Crippen molar-refractivity contribution in [2.45, 2.75) is 58.1 Å². The first-order chi connectivity index (χ1) is 8.61. The maximum absolute atomic E-state index is 5.84. The standard InChI is InChI=1S/C15H30N2O/c1-4-17(12-13-5-8-16-9-6-13)14-7-10-18-15(2,3)11-14/h13-14,16H,4-12H2,1-3H3. The van der Waals surface area contributed by atoms with Crippen molar-refractivity contribution in [1.29, 1.82) is 0 Å². The molecule has 0 amide bonds. The Morgan fingerprint density at radius 1 is 1.22 bits per heavy atom. The lowest BCUT2D eigenvalue weighted by atomic mass is 9.91. The Balaban J connectivity index is 1.86. The second-order valence-electron chi connectivity index (χ2n) is 6.54. The summed E-state index contributed by atoms with van der Waals surface area (Å²) in [5, 5.41) is 3.46. The molecule has 3 heteroatoms. The van der Waals surface area contributed by atoms with Crippen LogP contribution in [0, 0.1) is 5.92 Å². The van der Waals surface area contributed by atoms with Gasteiger partial charge < -0.3 is 15.0 Å². The molecular weight excluding hydrogens is 224 g/mol. The minimum Gasteiger partial charge on any atom is -0.375 e. The van der Waals surface area contributed by atoms with Gasteiger partial charge in [0.1, 0.15) is 0 Å². The molecule has 2 saturated heterocycles. The lowest BCUT2D eigenvalue weighted by molar-refractivity contribution is -0.0846. The largest absolute Gasteiger partial charge is 0.375 e. The van der Waals surface area contributed by atoms with E-state index in [4.69, 9.17) is 4.74 Å². The number of rotatable bonds is 4. The van der Waals surface area contributed by atoms with Crippen molar-refractivity contribution in [3.63, 3.8) is 0 Å². The minimum absolute atomic E-state index is 0.0739. The second-order valence-corrected chi connectivity index (χ2v) is 6.54. The number of hydrogen-bond acceptors (Lipinski definition) is 3. The Bertz CT molecular complexity index is 249. The number of hydrogen-bond donors (Lipinski definition) is 1. The summed E-state index contributed by atoms with van der Waals surface area (Å²) in [7, 11) is 0. The number of piperidine rings is 1. The van der Waals surface area contributed by atoms with Gasteiger partial charge in [-0.25, -0.2) is 0 Å². The fraction of sp³-hybridized carbons (Fsp3) is 1.00. The van der Waals surface area contributed by atoms with Gasteiger partial charge in [0.15, 0.2) is 0 Å². The molecule has 3 nitrogen and oxygen atoms in total. The van der Waals surface area contributed by atoms with Crippen LogP contribution >= 0.6 is 0 Å². The predicted molar refractivity (Wildman–Crippen MR) is 75.9 cm³/mol. The summed E-state index contributed by atoms with van der Waals surface area (Å²) in [4.78, 5) is 2.71. The summed E-state index contributed by atoms with van der Waals surface area (Å²) in [5.41, 5.74) is 0.0739. The summed E-state index contributed by atoms with van der Waals surface area (Å²) >= 11 is 0. The quantitative estimate of drug-likeness (QED) is 0.833. The van der Waals surface area contributed by atoms with Crippen molar-refractivity contribution in [3.8, 4) is 0 Å². The van der Waals surface area contributed by atoms with Crippen LogP contribution in [0.3, 0.4) is 0 Å². The van der Waals surface area contributed by atoms with Crippen molar-refractivity contribution < 1.29 is 4.74 Å². The smallest absolute Gasteiger partial charge is 0.0641 e. The first-order valence-electron chi connectivity index (χ1n) is 7.69. The fourth-order valence-electron chi connectivity index (χ4n) is 3.44. The third-order valence-corrected chi connectivity index (χ3v) is 4.55. The Morgan fingerprint density at radius 3 is 2.56 bits per heavy atom. The Labute approximate surface area is 112 Å². The van der Waals surface area contributed by atoms with E-state index in [1.165, 1.54) is 51.9 Å². The van der Waals surface area contributed by atoms with Crippen molar-refractivity contribution in [3.05, 3.63) is 0 Å². The van der Waals surface area contributed by atoms with E-state index in [9.17, 15) is 0 Å². The van der Waals surface area contributed by atoms with Gasteiger partial charge in [-0.1, -0.05) is 6.92 Å². The molecule has 0 bridgehead atoms. The van der Waals surface area contributed by atoms with Crippen molar-refractivity contribution >= 4 is 0 Å². The summed E-state index contributed by atoms with van der Waals surface area (Å²) in [6.07, 6.45) is 5.10. The molecule has 106 valence electrons. The zero-order valence-electron chi connectivity index (χ0n) is 12.4. The molecule has 2 heterocycles. The van der Waals surface area contributed by atoms with Gasteiger partial charge >= 0.3 is 0 Å². The van der Waals surface area contributed by atoms with Gasteiger partial charge in [0, 0.05) is 19.2 Å². The second kappa shape index (κ2) is 6.36. The van der Waals surface area contributed by atoms with E-state index in [2.05, 4.69) is 31.0 Å². The maximum Gasteiger partial charge on any atom is 0.0641 e. The van der Waals surface area contributed by atoms with Crippen LogP contribution in [0.25, 0.3) is 0 Å². The molecule has 2 aliphatic heterocycles. The molecule has 0 aromatic heterocycles. The molecule has 2 fully saturated rings. The number of nitrogens with zero attached hydrogens (tertiary/aromatic N) is 1. The average molecular weight is 254 g/mol. The molecule has 0 radical (unpaired) electrons. The van der Waals surface area contributed by atoms with Gasteiger partial charge in [0.2, 0.25) is 0 Å². The van der Waals surface area contributed by atoms with Crippen LogP contribution in [0.5, 0.6) is 0 Å². The third-order valence-electron chi connectivity index (χ3n) is 4.55. The van der Waals surface area contributed by atoms with E-state index in [1.54, 1.807) is 0 Å². The molecule has 0 spiro atoms. The topological polar surface area (TPSA) is 24.5 Å². The van der Waals surface area contributed by atoms with E-state index in [1.807, 2.05) is 0 Å². The van der Waals surface area contributed by atoms with Crippen LogP contribution in [0.4, 0.5) is 0 Å². The predicted octanol–water partition coefficient (Wildman–Crippen LogP) is 2.27. The van der Waals surface area contributed by atoms with Gasteiger partial charge in [-0.2, -0.15) is 0 Å². The first kappa shape index (κ1) is 14.3. The molecule has 18 heavy (non-hydrogen) atoms. The highest BCUT2D eigenvalue weighted by molar-refractivity contribution is 4.86. The van der Waals surface area contributed by atoms with Crippen molar-refractivity contribution in [2.75, 3.05) is 32.8 Å². The average Bonchev–Trinajstić information content (AvgIpc) is 2.36. The molecule has 2 aliphatic rings. The van der Waals surface area contributed by atoms with Crippen LogP contribution in [0.1, 0.15) is 46.5 Å². The van der Waals surface area contributed by atoms with Gasteiger partial charge in [-0.05, 0) is 65.1 Å². The third kappa shape index (κ3) is 3.94.